The van der Waals surface area contributed by atoms with Gasteiger partial charge in [0.05, 0.1) is 0 Å². The van der Waals surface area contributed by atoms with Crippen LogP contribution in [0.4, 0.5) is 11.4 Å². The van der Waals surface area contributed by atoms with Crippen LogP contribution in [0.15, 0.2) is 121 Å². The predicted molar refractivity (Wildman–Crippen MR) is 279 cm³/mol. The number of benzene rings is 5. The number of pyridine rings is 1. The van der Waals surface area contributed by atoms with Crippen molar-refractivity contribution in [3.05, 3.63) is 173 Å². The molecule has 0 fully saturated rings. The fraction of sp³-hybridized carbons (Fsp3) is 0.377. The first kappa shape index (κ1) is 49.8. The number of hydrogen-bond acceptors (Lipinski definition) is 4. The molecule has 0 unspecified atom stereocenters. The molecule has 0 N–H and O–H groups in total. The van der Waals surface area contributed by atoms with Gasteiger partial charge >= 0.3 is 0 Å². The van der Waals surface area contributed by atoms with E-state index in [1.54, 1.807) is 0 Å². The Morgan fingerprint density at radius 2 is 1.10 bits per heavy atom. The molecule has 0 bridgehead atoms. The summed E-state index contributed by atoms with van der Waals surface area (Å²) in [5.41, 5.74) is 11.8. The molecule has 1 aliphatic heterocycles. The van der Waals surface area contributed by atoms with E-state index in [9.17, 15) is 0 Å². The predicted octanol–water partition coefficient (Wildman–Crippen LogP) is 16.4. The van der Waals surface area contributed by atoms with E-state index in [2.05, 4.69) is 260 Å². The molecule has 6 heteroatoms. The second-order valence-electron chi connectivity index (χ2n) is 24.2. The van der Waals surface area contributed by atoms with Crippen LogP contribution in [0.3, 0.4) is 0 Å². The first-order chi connectivity index (χ1) is 30.6. The Balaban J connectivity index is 0.00000666. The SMILES string of the molecule is CC(C)(C)C1=CN(c2[c-]c(Oc3[c-]c4c(c(C(C)(C)c5ccccc5)c3)c3ccccc3n4-c3cc(C(C)(C)C)ccn3)cc(C(C)(C)C)c2)[CH-]N1c1cc(C(C)(C)C)cc(C(C)(C)C)c1.[Pt]. The molecule has 0 atom stereocenters. The third-order valence-electron chi connectivity index (χ3n) is 13.3. The van der Waals surface area contributed by atoms with Crippen LogP contribution in [0.2, 0.25) is 0 Å². The fourth-order valence-electron chi connectivity index (χ4n) is 8.99. The van der Waals surface area contributed by atoms with E-state index < -0.39 is 5.41 Å². The van der Waals surface area contributed by atoms with Crippen LogP contribution in [0.1, 0.15) is 151 Å². The topological polar surface area (TPSA) is 33.5 Å². The van der Waals surface area contributed by atoms with Gasteiger partial charge in [0.2, 0.25) is 0 Å². The summed E-state index contributed by atoms with van der Waals surface area (Å²) >= 11 is 0. The monoisotopic (exact) mass is 1070 g/mol. The van der Waals surface area contributed by atoms with Gasteiger partial charge in [0.15, 0.2) is 0 Å². The number of allylic oxidation sites excluding steroid dienone is 1. The second-order valence-corrected chi connectivity index (χ2v) is 24.2. The zero-order valence-corrected chi connectivity index (χ0v) is 45.3. The standard InChI is InChI=1S/C61H71N4O.Pt/c1-56(2,3)41-27-28-62-54(34-41)65-51-26-22-21-25-49(51)55-50(61(16,17)40-23-19-18-20-24-40)36-48(37-52(55)65)66-47-33-44(59(10,11)12)30-45(35-47)63-38-53(60(13,14)15)64(39-63)46-31-42(57(4,5)6)29-43(32-46)58(7,8)9;/h18-34,36,38-39H,1-17H3;/q-3;. The van der Waals surface area contributed by atoms with Gasteiger partial charge in [0.1, 0.15) is 5.82 Å². The Labute approximate surface area is 416 Å². The third-order valence-corrected chi connectivity index (χ3v) is 13.3. The number of rotatable bonds is 7. The summed E-state index contributed by atoms with van der Waals surface area (Å²) in [6, 6.07) is 45.1. The van der Waals surface area contributed by atoms with Crippen LogP contribution in [0, 0.1) is 24.2 Å². The summed E-state index contributed by atoms with van der Waals surface area (Å²) in [6.45, 7) is 41.0. The summed E-state index contributed by atoms with van der Waals surface area (Å²) < 4.78 is 9.42. The Kier molecular flexibility index (Phi) is 13.0. The molecule has 0 radical (unpaired) electrons. The van der Waals surface area contributed by atoms with Gasteiger partial charge in [-0.15, -0.1) is 53.8 Å². The molecule has 354 valence electrons. The van der Waals surface area contributed by atoms with Crippen molar-refractivity contribution in [2.75, 3.05) is 9.80 Å². The van der Waals surface area contributed by atoms with Crippen molar-refractivity contribution in [1.29, 1.82) is 0 Å². The molecule has 0 spiro atoms. The second kappa shape index (κ2) is 17.4. The number of para-hydroxylation sites is 1. The molecule has 3 heterocycles. The average Bonchev–Trinajstić information content (AvgIpc) is 3.83. The van der Waals surface area contributed by atoms with Gasteiger partial charge in [0, 0.05) is 61.1 Å². The minimum atomic E-state index is -0.399. The number of anilines is 2. The summed E-state index contributed by atoms with van der Waals surface area (Å²) in [4.78, 5) is 9.62. The van der Waals surface area contributed by atoms with E-state index in [1.165, 1.54) is 28.0 Å². The molecule has 0 aliphatic carbocycles. The average molecular weight is 1070 g/mol. The normalized spacial score (nSPS) is 14.2. The van der Waals surface area contributed by atoms with Crippen molar-refractivity contribution in [3.63, 3.8) is 0 Å². The van der Waals surface area contributed by atoms with Crippen molar-refractivity contribution in [3.8, 4) is 17.3 Å². The zero-order valence-electron chi connectivity index (χ0n) is 43.1. The van der Waals surface area contributed by atoms with Gasteiger partial charge in [-0.1, -0.05) is 183 Å². The Hall–Kier alpha value is -5.12. The Morgan fingerprint density at radius 1 is 0.537 bits per heavy atom. The molecule has 0 saturated heterocycles. The molecular formula is C61H71N4OPt-3. The molecule has 5 nitrogen and oxygen atoms in total. The number of fused-ring (bicyclic) bond motifs is 3. The van der Waals surface area contributed by atoms with E-state index in [0.717, 1.165) is 50.1 Å². The van der Waals surface area contributed by atoms with Crippen LogP contribution in [0.25, 0.3) is 27.6 Å². The van der Waals surface area contributed by atoms with E-state index in [4.69, 9.17) is 9.72 Å². The van der Waals surface area contributed by atoms with Gasteiger partial charge in [-0.05, 0) is 91.2 Å². The van der Waals surface area contributed by atoms with Crippen molar-refractivity contribution in [2.45, 2.75) is 145 Å². The van der Waals surface area contributed by atoms with Crippen LogP contribution in [-0.4, -0.2) is 9.55 Å². The maximum atomic E-state index is 7.15. The molecule has 5 aromatic carbocycles. The van der Waals surface area contributed by atoms with Crippen molar-refractivity contribution < 1.29 is 25.8 Å². The van der Waals surface area contributed by atoms with Crippen LogP contribution < -0.4 is 14.5 Å². The van der Waals surface area contributed by atoms with Crippen LogP contribution in [-0.2, 0) is 48.1 Å². The maximum Gasteiger partial charge on any atom is 0.135 e. The molecule has 8 rings (SSSR count). The zero-order chi connectivity index (χ0) is 47.9. The summed E-state index contributed by atoms with van der Waals surface area (Å²) in [7, 11) is 0. The molecule has 1 aliphatic rings. The Bertz CT molecular complexity index is 2940. The smallest absolute Gasteiger partial charge is 0.135 e. The van der Waals surface area contributed by atoms with Gasteiger partial charge in [-0.3, -0.25) is 0 Å². The summed E-state index contributed by atoms with van der Waals surface area (Å²) in [6.07, 6.45) is 4.21. The van der Waals surface area contributed by atoms with E-state index in [1.807, 2.05) is 6.20 Å². The quantitative estimate of drug-likeness (QED) is 0.149. The molecule has 0 amide bonds. The summed E-state index contributed by atoms with van der Waals surface area (Å²) in [5, 5.41) is 2.29. The van der Waals surface area contributed by atoms with Gasteiger partial charge in [-0.2, -0.15) is 0 Å². The van der Waals surface area contributed by atoms with E-state index in [-0.39, 0.29) is 48.1 Å². The van der Waals surface area contributed by atoms with Crippen LogP contribution in [0.5, 0.6) is 11.5 Å². The van der Waals surface area contributed by atoms with Crippen molar-refractivity contribution in [1.82, 2.24) is 9.55 Å². The fourth-order valence-corrected chi connectivity index (χ4v) is 8.99. The maximum absolute atomic E-state index is 7.15. The minimum Gasteiger partial charge on any atom is -0.509 e. The Morgan fingerprint density at radius 3 is 1.70 bits per heavy atom. The van der Waals surface area contributed by atoms with Crippen LogP contribution >= 0.6 is 0 Å². The van der Waals surface area contributed by atoms with E-state index in [0.29, 0.717) is 11.5 Å². The van der Waals surface area contributed by atoms with E-state index >= 15 is 0 Å². The van der Waals surface area contributed by atoms with Crippen molar-refractivity contribution in [2.24, 2.45) is 5.41 Å². The van der Waals surface area contributed by atoms with Crippen molar-refractivity contribution >= 4 is 33.2 Å². The van der Waals surface area contributed by atoms with Gasteiger partial charge < -0.3 is 19.1 Å². The molecule has 67 heavy (non-hydrogen) atoms. The van der Waals surface area contributed by atoms with Gasteiger partial charge in [-0.25, -0.2) is 4.98 Å². The first-order valence-electron chi connectivity index (χ1n) is 23.7. The number of ether oxygens (including phenoxy) is 1. The number of hydrogen-bond donors (Lipinski definition) is 0. The molecule has 0 saturated carbocycles. The minimum absolute atomic E-state index is 0. The molecule has 7 aromatic rings. The first-order valence-corrected chi connectivity index (χ1v) is 23.7. The third kappa shape index (κ3) is 9.92. The van der Waals surface area contributed by atoms with Gasteiger partial charge in [0.25, 0.3) is 0 Å². The summed E-state index contributed by atoms with van der Waals surface area (Å²) in [5.74, 6) is 2.11. The number of aromatic nitrogens is 2. The largest absolute Gasteiger partial charge is 0.509 e. The molecular weight excluding hydrogens is 1000 g/mol. The molecule has 2 aromatic heterocycles. The number of nitrogens with zero attached hydrogens (tertiary/aromatic N) is 4.